The van der Waals surface area contributed by atoms with Gasteiger partial charge < -0.3 is 10.8 Å². The van der Waals surface area contributed by atoms with Crippen molar-refractivity contribution in [3.05, 3.63) is 20.8 Å². The second-order valence-electron chi connectivity index (χ2n) is 2.44. The van der Waals surface area contributed by atoms with Gasteiger partial charge in [-0.1, -0.05) is 0 Å². The number of nitrogens with two attached hydrogens (primary N) is 1. The topological polar surface area (TPSA) is 90.2 Å². The fraction of sp³-hybridized carbons (Fsp3) is 0.333. The highest BCUT2D eigenvalue weighted by Gasteiger charge is 2.10. The van der Waals surface area contributed by atoms with E-state index in [9.17, 15) is 9.59 Å². The van der Waals surface area contributed by atoms with Gasteiger partial charge in [0.2, 0.25) is 5.75 Å². The number of aromatic hydroxyl groups is 1. The van der Waals surface area contributed by atoms with E-state index in [-0.39, 0.29) is 5.82 Å². The van der Waals surface area contributed by atoms with Crippen LogP contribution in [0, 0.1) is 0 Å². The fourth-order valence-electron chi connectivity index (χ4n) is 0.842. The number of nitrogens with zero attached hydrogens (tertiary/aromatic N) is 2. The van der Waals surface area contributed by atoms with Gasteiger partial charge in [-0.05, 0) is 0 Å². The van der Waals surface area contributed by atoms with Gasteiger partial charge in [0.1, 0.15) is 0 Å². The van der Waals surface area contributed by atoms with E-state index < -0.39 is 17.0 Å². The molecule has 0 aliphatic heterocycles. The number of rotatable bonds is 0. The first-order valence-electron chi connectivity index (χ1n) is 3.21. The molecule has 1 rings (SSSR count). The summed E-state index contributed by atoms with van der Waals surface area (Å²) in [6.45, 7) is 0. The Labute approximate surface area is 67.5 Å². The summed E-state index contributed by atoms with van der Waals surface area (Å²) < 4.78 is 1.78. The Morgan fingerprint density at radius 1 is 1.25 bits per heavy atom. The zero-order chi connectivity index (χ0) is 9.46. The van der Waals surface area contributed by atoms with E-state index in [0.29, 0.717) is 0 Å². The summed E-state index contributed by atoms with van der Waals surface area (Å²) in [7, 11) is 2.64. The molecule has 1 aromatic heterocycles. The molecule has 0 bridgehead atoms. The molecular formula is C6H9N3O3. The average Bonchev–Trinajstić information content (AvgIpc) is 2.08. The molecule has 12 heavy (non-hydrogen) atoms. The molecule has 0 atom stereocenters. The van der Waals surface area contributed by atoms with E-state index in [1.165, 1.54) is 14.1 Å². The van der Waals surface area contributed by atoms with Crippen molar-refractivity contribution in [2.45, 2.75) is 0 Å². The van der Waals surface area contributed by atoms with E-state index in [0.717, 1.165) is 9.13 Å². The van der Waals surface area contributed by atoms with Gasteiger partial charge in [-0.25, -0.2) is 4.79 Å². The van der Waals surface area contributed by atoms with Gasteiger partial charge >= 0.3 is 5.69 Å². The van der Waals surface area contributed by atoms with E-state index in [1.54, 1.807) is 0 Å². The molecule has 0 fully saturated rings. The van der Waals surface area contributed by atoms with Crippen LogP contribution in [0.5, 0.6) is 5.75 Å². The highest BCUT2D eigenvalue weighted by Crippen LogP contribution is 2.07. The zero-order valence-corrected chi connectivity index (χ0v) is 6.74. The molecule has 0 spiro atoms. The molecule has 0 unspecified atom stereocenters. The monoisotopic (exact) mass is 171 g/mol. The Bertz CT molecular complexity index is 392. The molecule has 0 saturated carbocycles. The minimum atomic E-state index is -0.782. The summed E-state index contributed by atoms with van der Waals surface area (Å²) in [5.74, 6) is -0.817. The van der Waals surface area contributed by atoms with Gasteiger partial charge in [-0.15, -0.1) is 0 Å². The van der Waals surface area contributed by atoms with Crippen molar-refractivity contribution in [2.75, 3.05) is 5.73 Å². The number of nitrogen functional groups attached to an aromatic ring is 1. The second kappa shape index (κ2) is 2.40. The summed E-state index contributed by atoms with van der Waals surface area (Å²) >= 11 is 0. The maximum absolute atomic E-state index is 11.1. The summed E-state index contributed by atoms with van der Waals surface area (Å²) in [5.41, 5.74) is 3.91. The van der Waals surface area contributed by atoms with Crippen molar-refractivity contribution in [3.8, 4) is 5.75 Å². The van der Waals surface area contributed by atoms with Crippen molar-refractivity contribution in [1.29, 1.82) is 0 Å². The molecule has 0 saturated heterocycles. The van der Waals surface area contributed by atoms with Crippen LogP contribution in [-0.2, 0) is 14.1 Å². The molecule has 0 aliphatic carbocycles. The lowest BCUT2D eigenvalue weighted by molar-refractivity contribution is 0.451. The zero-order valence-electron chi connectivity index (χ0n) is 6.74. The largest absolute Gasteiger partial charge is 0.501 e. The molecule has 0 aliphatic rings. The van der Waals surface area contributed by atoms with Crippen molar-refractivity contribution in [3.63, 3.8) is 0 Å². The molecule has 0 radical (unpaired) electrons. The van der Waals surface area contributed by atoms with Crippen LogP contribution in [0.2, 0.25) is 0 Å². The normalized spacial score (nSPS) is 10.2. The van der Waals surface area contributed by atoms with Crippen molar-refractivity contribution >= 4 is 5.82 Å². The first kappa shape index (κ1) is 8.38. The van der Waals surface area contributed by atoms with Crippen molar-refractivity contribution in [2.24, 2.45) is 14.1 Å². The fourth-order valence-corrected chi connectivity index (χ4v) is 0.842. The summed E-state index contributed by atoms with van der Waals surface area (Å²) in [6.07, 6.45) is 0. The molecule has 0 amide bonds. The van der Waals surface area contributed by atoms with Crippen LogP contribution >= 0.6 is 0 Å². The summed E-state index contributed by atoms with van der Waals surface area (Å²) in [5, 5.41) is 9.07. The number of hydrogen-bond donors (Lipinski definition) is 2. The van der Waals surface area contributed by atoms with E-state index >= 15 is 0 Å². The predicted octanol–water partition coefficient (Wildman–Crippen LogP) is -1.63. The lowest BCUT2D eigenvalue weighted by atomic mass is 10.5. The molecule has 66 valence electrons. The van der Waals surface area contributed by atoms with Gasteiger partial charge in [0, 0.05) is 14.1 Å². The molecule has 6 nitrogen and oxygen atoms in total. The van der Waals surface area contributed by atoms with E-state index in [4.69, 9.17) is 10.8 Å². The third-order valence-corrected chi connectivity index (χ3v) is 1.69. The Balaban J connectivity index is 3.86. The molecule has 3 N–H and O–H groups in total. The van der Waals surface area contributed by atoms with E-state index in [1.807, 2.05) is 0 Å². The van der Waals surface area contributed by atoms with Crippen molar-refractivity contribution < 1.29 is 5.11 Å². The second-order valence-corrected chi connectivity index (χ2v) is 2.44. The third kappa shape index (κ3) is 0.884. The smallest absolute Gasteiger partial charge is 0.332 e. The van der Waals surface area contributed by atoms with Crippen LogP contribution in [0.15, 0.2) is 9.59 Å². The molecule has 1 aromatic rings. The first-order chi connectivity index (χ1) is 5.46. The Hall–Kier alpha value is -1.72. The van der Waals surface area contributed by atoms with Crippen LogP contribution in [0.25, 0.3) is 0 Å². The lowest BCUT2D eigenvalue weighted by Crippen LogP contribution is -2.37. The minimum Gasteiger partial charge on any atom is -0.501 e. The predicted molar refractivity (Wildman–Crippen MR) is 43.0 cm³/mol. The molecular weight excluding hydrogens is 162 g/mol. The van der Waals surface area contributed by atoms with Gasteiger partial charge in [0.25, 0.3) is 5.56 Å². The van der Waals surface area contributed by atoms with Crippen LogP contribution < -0.4 is 17.0 Å². The third-order valence-electron chi connectivity index (χ3n) is 1.69. The lowest BCUT2D eigenvalue weighted by Gasteiger charge is -2.06. The first-order valence-corrected chi connectivity index (χ1v) is 3.21. The standard InChI is InChI=1S/C6H9N3O3/c1-8-4(7)3(10)5(11)9(2)6(8)12/h10H,7H2,1-2H3. The average molecular weight is 171 g/mol. The van der Waals surface area contributed by atoms with Gasteiger partial charge in [0.05, 0.1) is 0 Å². The quantitative estimate of drug-likeness (QED) is 0.490. The highest BCUT2D eigenvalue weighted by atomic mass is 16.3. The van der Waals surface area contributed by atoms with Crippen LogP contribution in [0.3, 0.4) is 0 Å². The maximum atomic E-state index is 11.1. The Morgan fingerprint density at radius 2 is 1.75 bits per heavy atom. The number of hydrogen-bond acceptors (Lipinski definition) is 4. The van der Waals surface area contributed by atoms with E-state index in [2.05, 4.69) is 0 Å². The van der Waals surface area contributed by atoms with Crippen LogP contribution in [0.1, 0.15) is 0 Å². The highest BCUT2D eigenvalue weighted by molar-refractivity contribution is 5.43. The number of anilines is 1. The molecule has 1 heterocycles. The molecule has 0 aromatic carbocycles. The minimum absolute atomic E-state index is 0.219. The summed E-state index contributed by atoms with van der Waals surface area (Å²) in [6, 6.07) is 0. The molecule has 6 heteroatoms. The summed E-state index contributed by atoms with van der Waals surface area (Å²) in [4.78, 5) is 22.1. The maximum Gasteiger partial charge on any atom is 0.332 e. The van der Waals surface area contributed by atoms with Crippen molar-refractivity contribution in [1.82, 2.24) is 9.13 Å². The van der Waals surface area contributed by atoms with Gasteiger partial charge in [-0.2, -0.15) is 0 Å². The Morgan fingerprint density at radius 3 is 2.25 bits per heavy atom. The number of aromatic nitrogens is 2. The van der Waals surface area contributed by atoms with Gasteiger partial charge in [-0.3, -0.25) is 13.9 Å². The van der Waals surface area contributed by atoms with Crippen LogP contribution in [-0.4, -0.2) is 14.2 Å². The Kier molecular flexibility index (Phi) is 1.68. The van der Waals surface area contributed by atoms with Gasteiger partial charge in [0.15, 0.2) is 5.82 Å². The van der Waals surface area contributed by atoms with Crippen LogP contribution in [0.4, 0.5) is 5.82 Å². The SMILES string of the molecule is Cn1c(N)c(O)c(=O)n(C)c1=O.